The summed E-state index contributed by atoms with van der Waals surface area (Å²) in [6, 6.07) is 0. The van der Waals surface area contributed by atoms with E-state index in [2.05, 4.69) is 11.5 Å². The van der Waals surface area contributed by atoms with Crippen molar-refractivity contribution in [3.8, 4) is 0 Å². The molecule has 0 atom stereocenters. The highest BCUT2D eigenvalue weighted by Crippen LogP contribution is 1.44. The minimum Gasteiger partial charge on any atom is -0.379 e. The summed E-state index contributed by atoms with van der Waals surface area (Å²) in [7, 11) is 0. The van der Waals surface area contributed by atoms with Crippen LogP contribution in [0, 0.1) is 9.81 Å². The van der Waals surface area contributed by atoms with Crippen molar-refractivity contribution >= 4 is 11.8 Å². The van der Waals surface area contributed by atoms with E-state index in [9.17, 15) is 9.59 Å². The average molecular weight is 182 g/mol. The highest BCUT2D eigenvalue weighted by molar-refractivity contribution is 6.33. The van der Waals surface area contributed by atoms with Crippen molar-refractivity contribution in [1.29, 1.82) is 0 Å². The van der Waals surface area contributed by atoms with Crippen LogP contribution in [0.15, 0.2) is 10.7 Å². The van der Waals surface area contributed by atoms with Crippen LogP contribution in [0.3, 0.4) is 0 Å². The van der Waals surface area contributed by atoms with Crippen molar-refractivity contribution in [2.45, 2.75) is 0 Å². The van der Waals surface area contributed by atoms with E-state index < -0.39 is 11.8 Å². The fraction of sp³-hybridized carbons (Fsp3) is 0. The molecule has 0 spiro atoms. The van der Waals surface area contributed by atoms with E-state index in [1.165, 1.54) is 10.7 Å². The minimum absolute atomic E-state index is 1.10. The molecular formula is C2H6N4O6. The molecule has 0 aromatic carbocycles. The molecule has 0 bridgehead atoms. The van der Waals surface area contributed by atoms with Gasteiger partial charge in [0.25, 0.3) is 0 Å². The Morgan fingerprint density at radius 1 is 0.917 bits per heavy atom. The van der Waals surface area contributed by atoms with Crippen molar-refractivity contribution in [1.82, 2.24) is 0 Å². The average Bonchev–Trinajstić information content (AvgIpc) is 1.90. The van der Waals surface area contributed by atoms with Gasteiger partial charge in [-0.1, -0.05) is 0 Å². The largest absolute Gasteiger partial charge is 0.379 e. The number of hydrogen-bond acceptors (Lipinski definition) is 6. The normalized spacial score (nSPS) is 5.67. The first kappa shape index (κ1) is 16.4. The lowest BCUT2D eigenvalue weighted by Crippen LogP contribution is -2.29. The lowest BCUT2D eigenvalue weighted by molar-refractivity contribution is -0.135. The van der Waals surface area contributed by atoms with Gasteiger partial charge < -0.3 is 21.9 Å². The number of primary amides is 2. The summed E-state index contributed by atoms with van der Waals surface area (Å²) in [5.41, 5.74) is 8.64. The van der Waals surface area contributed by atoms with E-state index in [1.807, 2.05) is 0 Å². The number of amides is 2. The minimum atomic E-state index is -1.10. The molecular weight excluding hydrogens is 176 g/mol. The lowest BCUT2D eigenvalue weighted by Gasteiger charge is -1.75. The molecule has 0 radical (unpaired) electrons. The van der Waals surface area contributed by atoms with Crippen molar-refractivity contribution < 1.29 is 20.0 Å². The maximum atomic E-state index is 9.45. The highest BCUT2D eigenvalue weighted by Gasteiger charge is 1.96. The number of carbonyl (C=O) groups excluding carboxylic acids is 2. The van der Waals surface area contributed by atoms with Crippen molar-refractivity contribution in [3.05, 3.63) is 9.81 Å². The van der Waals surface area contributed by atoms with Gasteiger partial charge >= 0.3 is 11.8 Å². The molecule has 0 saturated heterocycles. The van der Waals surface area contributed by atoms with Crippen LogP contribution in [0.25, 0.3) is 0 Å². The molecule has 0 rings (SSSR count). The van der Waals surface area contributed by atoms with Gasteiger partial charge in [0.15, 0.2) is 10.7 Å². The first-order valence-corrected chi connectivity index (χ1v) is 2.00. The summed E-state index contributed by atoms with van der Waals surface area (Å²) in [6.07, 6.45) is 0. The number of nitrogens with two attached hydrogens (primary N) is 2. The van der Waals surface area contributed by atoms with Crippen LogP contribution >= 0.6 is 0 Å². The summed E-state index contributed by atoms with van der Waals surface area (Å²) < 4.78 is 0. The van der Waals surface area contributed by atoms with Crippen LogP contribution in [-0.2, 0) is 9.59 Å². The van der Waals surface area contributed by atoms with Gasteiger partial charge in [0, 0.05) is 0 Å². The molecule has 0 aromatic heterocycles. The predicted molar refractivity (Wildman–Crippen MR) is 33.6 cm³/mol. The Bertz CT molecular complexity index is 138. The summed E-state index contributed by atoms with van der Waals surface area (Å²) in [5, 5.41) is 15.8. The number of hydrogen-bond donors (Lipinski definition) is 4. The second-order valence-electron chi connectivity index (χ2n) is 0.892. The maximum absolute atomic E-state index is 9.45. The standard InChI is InChI=1S/C2H4N2O2.2HNO2/c3-1(5)2(4)6;2*2-1-3/h(H2,3,5)(H2,4,6);2*(H,2,3). The molecule has 0 aliphatic carbocycles. The Morgan fingerprint density at radius 3 is 1.00 bits per heavy atom. The third-order valence-electron chi connectivity index (χ3n) is 0.243. The molecule has 2 amide bonds. The van der Waals surface area contributed by atoms with E-state index in [0.29, 0.717) is 0 Å². The molecule has 0 aliphatic heterocycles. The Kier molecular flexibility index (Phi) is 21.7. The fourth-order valence-corrected chi connectivity index (χ4v) is 0. The third kappa shape index (κ3) is 116. The van der Waals surface area contributed by atoms with Crippen molar-refractivity contribution in [3.63, 3.8) is 0 Å². The van der Waals surface area contributed by atoms with Gasteiger partial charge in [-0.2, -0.15) is 0 Å². The van der Waals surface area contributed by atoms with Crippen molar-refractivity contribution in [2.75, 3.05) is 0 Å². The molecule has 70 valence electrons. The van der Waals surface area contributed by atoms with E-state index in [0.717, 1.165) is 0 Å². The van der Waals surface area contributed by atoms with Gasteiger partial charge in [-0.05, 0) is 0 Å². The molecule has 10 nitrogen and oxygen atoms in total. The molecule has 6 N–H and O–H groups in total. The van der Waals surface area contributed by atoms with Crippen LogP contribution in [0.1, 0.15) is 0 Å². The summed E-state index contributed by atoms with van der Waals surface area (Å²) >= 11 is 0. The zero-order valence-corrected chi connectivity index (χ0v) is 5.58. The molecule has 12 heavy (non-hydrogen) atoms. The van der Waals surface area contributed by atoms with Crippen LogP contribution in [-0.4, -0.2) is 22.2 Å². The van der Waals surface area contributed by atoms with E-state index in [4.69, 9.17) is 20.2 Å². The number of nitrogens with zero attached hydrogens (tertiary/aromatic N) is 2. The lowest BCUT2D eigenvalue weighted by atomic mass is 10.6. The van der Waals surface area contributed by atoms with E-state index in [-0.39, 0.29) is 0 Å². The Labute approximate surface area is 65.0 Å². The molecule has 0 fully saturated rings. The van der Waals surface area contributed by atoms with Gasteiger partial charge in [-0.15, -0.1) is 9.81 Å². The van der Waals surface area contributed by atoms with Crippen LogP contribution < -0.4 is 11.5 Å². The van der Waals surface area contributed by atoms with Crippen LogP contribution in [0.2, 0.25) is 0 Å². The molecule has 0 aromatic rings. The fourth-order valence-electron chi connectivity index (χ4n) is 0. The summed E-state index contributed by atoms with van der Waals surface area (Å²) in [4.78, 5) is 35.1. The monoisotopic (exact) mass is 182 g/mol. The number of rotatable bonds is 0. The molecule has 0 unspecified atom stereocenters. The summed E-state index contributed by atoms with van der Waals surface area (Å²) in [5.74, 6) is -2.20. The SMILES string of the molecule is NC(=O)C(N)=O.O=NO.O=NO. The zero-order chi connectivity index (χ0) is 10.6. The quantitative estimate of drug-likeness (QED) is 0.195. The summed E-state index contributed by atoms with van der Waals surface area (Å²) in [6.45, 7) is 0. The second kappa shape index (κ2) is 15.9. The molecule has 0 saturated carbocycles. The maximum Gasteiger partial charge on any atom is 0.306 e. The topological polar surface area (TPSA) is 185 Å². The Hall–Kier alpha value is -2.26. The van der Waals surface area contributed by atoms with Gasteiger partial charge in [0.05, 0.1) is 0 Å². The van der Waals surface area contributed by atoms with Gasteiger partial charge in [-0.3, -0.25) is 9.59 Å². The predicted octanol–water partition coefficient (Wildman–Crippen LogP) is -1.76. The van der Waals surface area contributed by atoms with E-state index in [1.54, 1.807) is 0 Å². The molecule has 0 heterocycles. The molecule has 0 aliphatic rings. The zero-order valence-electron chi connectivity index (χ0n) is 5.58. The van der Waals surface area contributed by atoms with Crippen LogP contribution in [0.4, 0.5) is 0 Å². The third-order valence-corrected chi connectivity index (χ3v) is 0.243. The van der Waals surface area contributed by atoms with Crippen molar-refractivity contribution in [2.24, 2.45) is 22.1 Å². The van der Waals surface area contributed by atoms with Crippen LogP contribution in [0.5, 0.6) is 0 Å². The highest BCUT2D eigenvalue weighted by atomic mass is 16.6. The molecule has 10 heteroatoms. The van der Waals surface area contributed by atoms with Gasteiger partial charge in [0.1, 0.15) is 0 Å². The Morgan fingerprint density at radius 2 is 1.00 bits per heavy atom. The number of carbonyl (C=O) groups is 2. The van der Waals surface area contributed by atoms with E-state index >= 15 is 0 Å². The first-order chi connectivity index (χ1) is 5.47. The Balaban J connectivity index is -0.000000115. The smallest absolute Gasteiger partial charge is 0.306 e. The van der Waals surface area contributed by atoms with Gasteiger partial charge in [-0.25, -0.2) is 0 Å². The first-order valence-electron chi connectivity index (χ1n) is 2.00. The van der Waals surface area contributed by atoms with Gasteiger partial charge in [0.2, 0.25) is 0 Å². The second-order valence-corrected chi connectivity index (χ2v) is 0.892.